The minimum Gasteiger partial charge on any atom is -0.511 e. The Labute approximate surface area is 176 Å². The summed E-state index contributed by atoms with van der Waals surface area (Å²) in [6, 6.07) is 9.45. The van der Waals surface area contributed by atoms with Crippen LogP contribution in [0.5, 0.6) is 11.5 Å². The molecule has 0 bridgehead atoms. The molecule has 0 aromatic heterocycles. The first-order chi connectivity index (χ1) is 13.9. The van der Waals surface area contributed by atoms with Gasteiger partial charge in [-0.25, -0.2) is 0 Å². The summed E-state index contributed by atoms with van der Waals surface area (Å²) in [5.41, 5.74) is 8.07. The first-order valence-corrected chi connectivity index (χ1v) is 14.4. The number of rotatable bonds is 2. The molecule has 0 N–H and O–H groups in total. The average molecular weight is 407 g/mol. The van der Waals surface area contributed by atoms with Crippen LogP contribution in [0, 0.1) is 13.8 Å². The smallest absolute Gasteiger partial charge is 0.454 e. The zero-order valence-electron chi connectivity index (χ0n) is 18.4. The van der Waals surface area contributed by atoms with Gasteiger partial charge in [0.05, 0.1) is 0 Å². The Morgan fingerprint density at radius 1 is 0.655 bits per heavy atom. The van der Waals surface area contributed by atoms with Crippen molar-refractivity contribution in [3.05, 3.63) is 46.5 Å². The van der Waals surface area contributed by atoms with Crippen LogP contribution in [0.25, 0.3) is 11.1 Å². The van der Waals surface area contributed by atoms with Gasteiger partial charge in [0.1, 0.15) is 11.5 Å². The number of hydrogen-bond acceptors (Lipinski definition) is 2. The molecule has 0 amide bonds. The normalized spacial score (nSPS) is 21.2. The summed E-state index contributed by atoms with van der Waals surface area (Å²) in [5.74, 6) is 3.52. The molecule has 1 aliphatic heterocycles. The molecule has 0 saturated heterocycles. The first kappa shape index (κ1) is 19.2. The van der Waals surface area contributed by atoms with Crippen molar-refractivity contribution in [2.24, 2.45) is 0 Å². The molecule has 3 aliphatic rings. The van der Waals surface area contributed by atoms with E-state index in [1.54, 1.807) is 0 Å². The lowest BCUT2D eigenvalue weighted by Crippen LogP contribution is -2.41. The van der Waals surface area contributed by atoms with Crippen LogP contribution in [0.2, 0.25) is 13.1 Å². The van der Waals surface area contributed by atoms with Gasteiger partial charge in [-0.2, -0.15) is 0 Å². The van der Waals surface area contributed by atoms with Gasteiger partial charge in [0.2, 0.25) is 0 Å². The van der Waals surface area contributed by atoms with E-state index in [9.17, 15) is 0 Å². The molecule has 0 radical (unpaired) electrons. The van der Waals surface area contributed by atoms with Crippen molar-refractivity contribution in [2.75, 3.05) is 0 Å². The third kappa shape index (κ3) is 3.52. The van der Waals surface area contributed by atoms with Gasteiger partial charge in [0, 0.05) is 24.2 Å². The Bertz CT molecular complexity index is 859. The minimum atomic E-state index is -2.34. The standard InChI is InChI=1S/C26H34O2Si/c1-17-13-21(19-9-5-6-10-19)25-23(15-17)24-16-18(2)14-22(20-11-7-8-12-20)26(24)28-29(3,4)27-25/h13-16,19-20H,5-12H2,1-4H3. The molecule has 2 aliphatic carbocycles. The topological polar surface area (TPSA) is 18.5 Å². The van der Waals surface area contributed by atoms with Crippen molar-refractivity contribution in [1.29, 1.82) is 0 Å². The predicted molar refractivity (Wildman–Crippen MR) is 123 cm³/mol. The van der Waals surface area contributed by atoms with E-state index in [4.69, 9.17) is 8.85 Å². The molecule has 0 spiro atoms. The molecule has 2 nitrogen and oxygen atoms in total. The van der Waals surface area contributed by atoms with Crippen molar-refractivity contribution in [3.8, 4) is 22.6 Å². The second-order valence-corrected chi connectivity index (χ2v) is 13.2. The maximum Gasteiger partial charge on any atom is 0.454 e. The molecule has 2 saturated carbocycles. The maximum atomic E-state index is 6.80. The lowest BCUT2D eigenvalue weighted by atomic mass is 9.87. The van der Waals surface area contributed by atoms with Crippen LogP contribution < -0.4 is 8.85 Å². The molecular weight excluding hydrogens is 372 g/mol. The highest BCUT2D eigenvalue weighted by Gasteiger charge is 2.39. The summed E-state index contributed by atoms with van der Waals surface area (Å²) in [4.78, 5) is 0. The van der Waals surface area contributed by atoms with E-state index in [1.807, 2.05) is 0 Å². The molecule has 3 heteroatoms. The molecule has 2 aromatic rings. The van der Waals surface area contributed by atoms with Crippen molar-refractivity contribution in [1.82, 2.24) is 0 Å². The Hall–Kier alpha value is -1.74. The van der Waals surface area contributed by atoms with E-state index in [2.05, 4.69) is 51.2 Å². The van der Waals surface area contributed by atoms with Crippen molar-refractivity contribution >= 4 is 8.56 Å². The summed E-state index contributed by atoms with van der Waals surface area (Å²) in [6.45, 7) is 8.89. The van der Waals surface area contributed by atoms with Gasteiger partial charge in [-0.1, -0.05) is 37.8 Å². The van der Waals surface area contributed by atoms with Gasteiger partial charge in [-0.3, -0.25) is 0 Å². The summed E-state index contributed by atoms with van der Waals surface area (Å²) in [5, 5.41) is 0. The minimum absolute atomic E-state index is 0.633. The first-order valence-electron chi connectivity index (χ1n) is 11.6. The molecular formula is C26H34O2Si. The third-order valence-electron chi connectivity index (χ3n) is 7.10. The lowest BCUT2D eigenvalue weighted by molar-refractivity contribution is 0.398. The highest BCUT2D eigenvalue weighted by atomic mass is 28.4. The quantitative estimate of drug-likeness (QED) is 0.474. The van der Waals surface area contributed by atoms with E-state index < -0.39 is 8.56 Å². The fourth-order valence-corrected chi connectivity index (χ4v) is 7.30. The van der Waals surface area contributed by atoms with Crippen LogP contribution in [-0.4, -0.2) is 8.56 Å². The maximum absolute atomic E-state index is 6.80. The second-order valence-electron chi connectivity index (χ2n) is 10.0. The predicted octanol–water partition coefficient (Wildman–Crippen LogP) is 7.76. The van der Waals surface area contributed by atoms with Crippen molar-refractivity contribution in [2.45, 2.75) is 90.1 Å². The van der Waals surface area contributed by atoms with Crippen molar-refractivity contribution in [3.63, 3.8) is 0 Å². The second kappa shape index (κ2) is 7.19. The summed E-state index contributed by atoms with van der Waals surface area (Å²) >= 11 is 0. The van der Waals surface area contributed by atoms with Gasteiger partial charge < -0.3 is 8.85 Å². The summed E-state index contributed by atoms with van der Waals surface area (Å²) in [7, 11) is -2.34. The fourth-order valence-electron chi connectivity index (χ4n) is 5.82. The van der Waals surface area contributed by atoms with E-state index in [-0.39, 0.29) is 0 Å². The number of hydrogen-bond donors (Lipinski definition) is 0. The van der Waals surface area contributed by atoms with Gasteiger partial charge in [-0.15, -0.1) is 0 Å². The summed E-state index contributed by atoms with van der Waals surface area (Å²) < 4.78 is 13.6. The highest BCUT2D eigenvalue weighted by molar-refractivity contribution is 6.66. The van der Waals surface area contributed by atoms with Crippen LogP contribution in [0.15, 0.2) is 24.3 Å². The van der Waals surface area contributed by atoms with Crippen LogP contribution in [-0.2, 0) is 0 Å². The molecule has 2 fully saturated rings. The van der Waals surface area contributed by atoms with Crippen molar-refractivity contribution < 1.29 is 8.85 Å². The fraction of sp³-hybridized carbons (Fsp3) is 0.538. The molecule has 154 valence electrons. The van der Waals surface area contributed by atoms with Gasteiger partial charge in [-0.05, 0) is 85.8 Å². The Kier molecular flexibility index (Phi) is 4.77. The molecule has 1 heterocycles. The van der Waals surface area contributed by atoms with E-state index in [1.165, 1.54) is 84.7 Å². The third-order valence-corrected chi connectivity index (χ3v) is 8.49. The monoisotopic (exact) mass is 406 g/mol. The highest BCUT2D eigenvalue weighted by Crippen LogP contribution is 2.52. The lowest BCUT2D eigenvalue weighted by Gasteiger charge is -2.27. The summed E-state index contributed by atoms with van der Waals surface area (Å²) in [6.07, 6.45) is 10.5. The number of aryl methyl sites for hydroxylation is 2. The van der Waals surface area contributed by atoms with E-state index in [0.29, 0.717) is 11.8 Å². The largest absolute Gasteiger partial charge is 0.511 e. The van der Waals surface area contributed by atoms with Crippen LogP contribution in [0.1, 0.15) is 85.5 Å². The SMILES string of the molecule is Cc1cc2c(c(C3CCCC3)c1)O[Si](C)(C)Oc1c-2cc(C)cc1C1CCCC1. The Balaban J connectivity index is 1.76. The Morgan fingerprint density at radius 2 is 1.03 bits per heavy atom. The zero-order valence-corrected chi connectivity index (χ0v) is 19.4. The Morgan fingerprint density at radius 3 is 1.41 bits per heavy atom. The molecule has 5 rings (SSSR count). The van der Waals surface area contributed by atoms with Crippen LogP contribution in [0.4, 0.5) is 0 Å². The molecule has 0 atom stereocenters. The van der Waals surface area contributed by atoms with Gasteiger partial charge >= 0.3 is 8.56 Å². The van der Waals surface area contributed by atoms with Crippen LogP contribution >= 0.6 is 0 Å². The molecule has 0 unspecified atom stereocenters. The number of fused-ring (bicyclic) bond motifs is 3. The average Bonchev–Trinajstić information content (AvgIpc) is 3.35. The van der Waals surface area contributed by atoms with Gasteiger partial charge in [0.25, 0.3) is 0 Å². The zero-order chi connectivity index (χ0) is 20.2. The molecule has 2 aromatic carbocycles. The molecule has 29 heavy (non-hydrogen) atoms. The van der Waals surface area contributed by atoms with E-state index >= 15 is 0 Å². The van der Waals surface area contributed by atoms with E-state index in [0.717, 1.165) is 11.5 Å². The number of benzene rings is 2. The van der Waals surface area contributed by atoms with Crippen LogP contribution in [0.3, 0.4) is 0 Å². The van der Waals surface area contributed by atoms with Gasteiger partial charge in [0.15, 0.2) is 0 Å².